The summed E-state index contributed by atoms with van der Waals surface area (Å²) in [5, 5.41) is 3.38. The lowest BCUT2D eigenvalue weighted by Crippen LogP contribution is -2.42. The second kappa shape index (κ2) is 6.19. The van der Waals surface area contributed by atoms with Crippen molar-refractivity contribution >= 4 is 0 Å². The highest BCUT2D eigenvalue weighted by molar-refractivity contribution is 5.29. The van der Waals surface area contributed by atoms with E-state index in [0.717, 1.165) is 12.0 Å². The van der Waals surface area contributed by atoms with Gasteiger partial charge in [0.25, 0.3) is 0 Å². The maximum atomic E-state index is 13.6. The molecule has 0 spiro atoms. The SMILES string of the molecule is CCC(CNC(C)(C)C)Oc1cc(C)ccc1F. The molecule has 2 nitrogen and oxygen atoms in total. The van der Waals surface area contributed by atoms with Crippen LogP contribution < -0.4 is 10.1 Å². The first-order valence-corrected chi connectivity index (χ1v) is 6.49. The average Bonchev–Trinajstić information content (AvgIpc) is 2.27. The van der Waals surface area contributed by atoms with E-state index in [4.69, 9.17) is 4.74 Å². The fourth-order valence-corrected chi connectivity index (χ4v) is 1.57. The monoisotopic (exact) mass is 253 g/mol. The van der Waals surface area contributed by atoms with E-state index < -0.39 is 0 Å². The molecule has 102 valence electrons. The zero-order valence-electron chi connectivity index (χ0n) is 12.0. The molecule has 0 aromatic heterocycles. The van der Waals surface area contributed by atoms with E-state index in [-0.39, 0.29) is 17.5 Å². The number of nitrogens with one attached hydrogen (secondary N) is 1. The van der Waals surface area contributed by atoms with E-state index in [0.29, 0.717) is 12.3 Å². The van der Waals surface area contributed by atoms with Crippen LogP contribution in [0.2, 0.25) is 0 Å². The average molecular weight is 253 g/mol. The second-order valence-corrected chi connectivity index (χ2v) is 5.71. The molecule has 1 aromatic rings. The summed E-state index contributed by atoms with van der Waals surface area (Å²) in [6.45, 7) is 11.0. The molecule has 0 fully saturated rings. The minimum absolute atomic E-state index is 0.0134. The van der Waals surface area contributed by atoms with Crippen LogP contribution in [0.3, 0.4) is 0 Å². The van der Waals surface area contributed by atoms with Crippen LogP contribution in [0.15, 0.2) is 18.2 Å². The number of ether oxygens (including phenoxy) is 1. The third-order valence-electron chi connectivity index (χ3n) is 2.70. The van der Waals surface area contributed by atoms with Crippen LogP contribution >= 0.6 is 0 Å². The van der Waals surface area contributed by atoms with Gasteiger partial charge in [0.05, 0.1) is 0 Å². The zero-order chi connectivity index (χ0) is 13.8. The first-order valence-electron chi connectivity index (χ1n) is 6.49. The zero-order valence-corrected chi connectivity index (χ0v) is 12.0. The van der Waals surface area contributed by atoms with E-state index in [9.17, 15) is 4.39 Å². The van der Waals surface area contributed by atoms with Crippen molar-refractivity contribution in [3.63, 3.8) is 0 Å². The van der Waals surface area contributed by atoms with E-state index in [1.54, 1.807) is 12.1 Å². The Morgan fingerprint density at radius 3 is 2.56 bits per heavy atom. The fourth-order valence-electron chi connectivity index (χ4n) is 1.57. The summed E-state index contributed by atoms with van der Waals surface area (Å²) in [6.07, 6.45) is 0.830. The molecular formula is C15H24FNO. The van der Waals surface area contributed by atoms with Gasteiger partial charge in [0.15, 0.2) is 11.6 Å². The summed E-state index contributed by atoms with van der Waals surface area (Å²) in [7, 11) is 0. The Hall–Kier alpha value is -1.09. The predicted molar refractivity (Wildman–Crippen MR) is 73.6 cm³/mol. The summed E-state index contributed by atoms with van der Waals surface area (Å²) >= 11 is 0. The molecule has 3 heteroatoms. The van der Waals surface area contributed by atoms with E-state index in [2.05, 4.69) is 26.1 Å². The summed E-state index contributed by atoms with van der Waals surface area (Å²) in [6, 6.07) is 4.94. The van der Waals surface area contributed by atoms with Crippen molar-refractivity contribution in [2.45, 2.75) is 52.7 Å². The normalized spacial score (nSPS) is 13.4. The molecule has 0 heterocycles. The van der Waals surface area contributed by atoms with Gasteiger partial charge in [-0.05, 0) is 51.8 Å². The summed E-state index contributed by atoms with van der Waals surface area (Å²) < 4.78 is 19.3. The van der Waals surface area contributed by atoms with Crippen molar-refractivity contribution in [3.05, 3.63) is 29.6 Å². The standard InChI is InChI=1S/C15H24FNO/c1-6-12(10-17-15(3,4)5)18-14-9-11(2)7-8-13(14)16/h7-9,12,17H,6,10H2,1-5H3. The van der Waals surface area contributed by atoms with Crippen molar-refractivity contribution in [1.29, 1.82) is 0 Å². The molecule has 0 radical (unpaired) electrons. The van der Waals surface area contributed by atoms with Gasteiger partial charge in [0.2, 0.25) is 0 Å². The molecule has 0 saturated heterocycles. The van der Waals surface area contributed by atoms with Crippen molar-refractivity contribution in [3.8, 4) is 5.75 Å². The molecule has 0 aliphatic rings. The lowest BCUT2D eigenvalue weighted by molar-refractivity contribution is 0.174. The van der Waals surface area contributed by atoms with Crippen LogP contribution in [0, 0.1) is 12.7 Å². The highest BCUT2D eigenvalue weighted by Crippen LogP contribution is 2.20. The first-order chi connectivity index (χ1) is 8.31. The molecular weight excluding hydrogens is 229 g/mol. The number of hydrogen-bond donors (Lipinski definition) is 1. The number of aryl methyl sites for hydroxylation is 1. The third kappa shape index (κ3) is 5.05. The summed E-state index contributed by atoms with van der Waals surface area (Å²) in [5.74, 6) is 0.0485. The Morgan fingerprint density at radius 2 is 2.00 bits per heavy atom. The summed E-state index contributed by atoms with van der Waals surface area (Å²) in [4.78, 5) is 0. The van der Waals surface area contributed by atoms with Gasteiger partial charge >= 0.3 is 0 Å². The van der Waals surface area contributed by atoms with Crippen LogP contribution in [0.5, 0.6) is 5.75 Å². The Kier molecular flexibility index (Phi) is 5.15. The molecule has 1 N–H and O–H groups in total. The lowest BCUT2D eigenvalue weighted by atomic mass is 10.1. The van der Waals surface area contributed by atoms with E-state index in [1.165, 1.54) is 6.07 Å². The maximum Gasteiger partial charge on any atom is 0.165 e. The van der Waals surface area contributed by atoms with Gasteiger partial charge in [0, 0.05) is 12.1 Å². The molecule has 0 aliphatic carbocycles. The minimum Gasteiger partial charge on any atom is -0.486 e. The quantitative estimate of drug-likeness (QED) is 0.864. The van der Waals surface area contributed by atoms with Gasteiger partial charge in [-0.3, -0.25) is 0 Å². The number of hydrogen-bond acceptors (Lipinski definition) is 2. The van der Waals surface area contributed by atoms with Gasteiger partial charge in [-0.25, -0.2) is 4.39 Å². The second-order valence-electron chi connectivity index (χ2n) is 5.71. The van der Waals surface area contributed by atoms with Crippen LogP contribution in [0.25, 0.3) is 0 Å². The van der Waals surface area contributed by atoms with Crippen LogP contribution in [0.1, 0.15) is 39.7 Å². The topological polar surface area (TPSA) is 21.3 Å². The summed E-state index contributed by atoms with van der Waals surface area (Å²) in [5.41, 5.74) is 1.05. The Labute approximate surface area is 110 Å². The van der Waals surface area contributed by atoms with Gasteiger partial charge in [-0.1, -0.05) is 13.0 Å². The molecule has 1 atom stereocenters. The smallest absolute Gasteiger partial charge is 0.165 e. The predicted octanol–water partition coefficient (Wildman–Crippen LogP) is 3.68. The first kappa shape index (κ1) is 15.0. The number of halogens is 1. The van der Waals surface area contributed by atoms with Crippen molar-refractivity contribution < 1.29 is 9.13 Å². The molecule has 0 amide bonds. The Balaban J connectivity index is 2.65. The molecule has 1 unspecified atom stereocenters. The number of rotatable bonds is 5. The Morgan fingerprint density at radius 1 is 1.33 bits per heavy atom. The highest BCUT2D eigenvalue weighted by atomic mass is 19.1. The van der Waals surface area contributed by atoms with Crippen molar-refractivity contribution in [2.24, 2.45) is 0 Å². The molecule has 18 heavy (non-hydrogen) atoms. The lowest BCUT2D eigenvalue weighted by Gasteiger charge is -2.25. The van der Waals surface area contributed by atoms with E-state index >= 15 is 0 Å². The van der Waals surface area contributed by atoms with Crippen molar-refractivity contribution in [2.75, 3.05) is 6.54 Å². The minimum atomic E-state index is -0.296. The van der Waals surface area contributed by atoms with E-state index in [1.807, 2.05) is 13.8 Å². The van der Waals surface area contributed by atoms with Gasteiger partial charge < -0.3 is 10.1 Å². The number of benzene rings is 1. The van der Waals surface area contributed by atoms with Crippen LogP contribution in [-0.2, 0) is 0 Å². The molecule has 0 aliphatic heterocycles. The van der Waals surface area contributed by atoms with Crippen LogP contribution in [-0.4, -0.2) is 18.2 Å². The largest absolute Gasteiger partial charge is 0.486 e. The van der Waals surface area contributed by atoms with Gasteiger partial charge in [-0.15, -0.1) is 0 Å². The molecule has 0 bridgehead atoms. The highest BCUT2D eigenvalue weighted by Gasteiger charge is 2.15. The molecule has 1 rings (SSSR count). The van der Waals surface area contributed by atoms with Gasteiger partial charge in [0.1, 0.15) is 6.10 Å². The van der Waals surface area contributed by atoms with Crippen LogP contribution in [0.4, 0.5) is 4.39 Å². The Bertz CT molecular complexity index is 385. The molecule has 1 aromatic carbocycles. The maximum absolute atomic E-state index is 13.6. The fraction of sp³-hybridized carbons (Fsp3) is 0.600. The molecule has 0 saturated carbocycles. The van der Waals surface area contributed by atoms with Gasteiger partial charge in [-0.2, -0.15) is 0 Å². The van der Waals surface area contributed by atoms with Crippen molar-refractivity contribution in [1.82, 2.24) is 5.32 Å². The third-order valence-corrected chi connectivity index (χ3v) is 2.70.